The highest BCUT2D eigenvalue weighted by molar-refractivity contribution is 6.64. The van der Waals surface area contributed by atoms with Crippen molar-refractivity contribution in [3.05, 3.63) is 59.4 Å². The minimum absolute atomic E-state index is 0.0821. The first-order chi connectivity index (χ1) is 10.2. The second kappa shape index (κ2) is 7.16. The molecule has 0 amide bonds. The van der Waals surface area contributed by atoms with E-state index >= 15 is 0 Å². The van der Waals surface area contributed by atoms with Crippen molar-refractivity contribution < 1.29 is 4.79 Å². The molecule has 2 aromatic rings. The fraction of sp³-hybridized carbons (Fsp3) is 0. The maximum absolute atomic E-state index is 12.2. The third-order valence-corrected chi connectivity index (χ3v) is 2.77. The number of nitrogens with zero attached hydrogens (tertiary/aromatic N) is 3. The summed E-state index contributed by atoms with van der Waals surface area (Å²) in [7, 11) is 0. The molecule has 21 heavy (non-hydrogen) atoms. The van der Waals surface area contributed by atoms with Crippen LogP contribution in [0.5, 0.6) is 0 Å². The molecule has 2 rings (SSSR count). The Bertz CT molecular complexity index is 668. The summed E-state index contributed by atoms with van der Waals surface area (Å²) in [4.78, 5) is 16.1. The van der Waals surface area contributed by atoms with Crippen LogP contribution in [0.25, 0.3) is 0 Å². The summed E-state index contributed by atoms with van der Waals surface area (Å²) in [5, 5.41) is 7.98. The van der Waals surface area contributed by atoms with Crippen LogP contribution in [0.4, 0.5) is 5.69 Å². The van der Waals surface area contributed by atoms with Gasteiger partial charge in [0.05, 0.1) is 11.9 Å². The van der Waals surface area contributed by atoms with E-state index in [2.05, 4.69) is 20.6 Å². The quantitative estimate of drug-likeness (QED) is 0.384. The summed E-state index contributed by atoms with van der Waals surface area (Å²) in [6, 6.07) is 10.1. The number of carbonyl (C=O) groups excluding carboxylic acids is 1. The summed E-state index contributed by atoms with van der Waals surface area (Å²) < 4.78 is 0. The van der Waals surface area contributed by atoms with Crippen LogP contribution >= 0.6 is 11.6 Å². The highest BCUT2D eigenvalue weighted by Gasteiger charge is 2.12. The largest absolute Gasteiger partial charge is 0.323 e. The van der Waals surface area contributed by atoms with Gasteiger partial charge in [-0.1, -0.05) is 11.6 Å². The van der Waals surface area contributed by atoms with Gasteiger partial charge in [-0.15, -0.1) is 0 Å². The van der Waals surface area contributed by atoms with Gasteiger partial charge in [0.1, 0.15) is 0 Å². The van der Waals surface area contributed by atoms with Gasteiger partial charge in [-0.3, -0.25) is 15.2 Å². The topological polar surface area (TPSA) is 92.7 Å². The van der Waals surface area contributed by atoms with Gasteiger partial charge in [0, 0.05) is 23.0 Å². The SMILES string of the molecule is N/N=C/C(=NNc1ccc(Cl)cc1)C(=O)c1ccncc1. The lowest BCUT2D eigenvalue weighted by molar-refractivity contribution is 0.106. The number of carbonyl (C=O) groups is 1. The maximum Gasteiger partial charge on any atom is 0.214 e. The van der Waals surface area contributed by atoms with E-state index in [1.807, 2.05) is 0 Å². The highest BCUT2D eigenvalue weighted by atomic mass is 35.5. The van der Waals surface area contributed by atoms with Gasteiger partial charge in [0.15, 0.2) is 5.71 Å². The Morgan fingerprint density at radius 1 is 1.19 bits per heavy atom. The zero-order chi connectivity index (χ0) is 15.1. The van der Waals surface area contributed by atoms with Crippen LogP contribution in [-0.2, 0) is 0 Å². The number of halogens is 1. The van der Waals surface area contributed by atoms with E-state index < -0.39 is 0 Å². The summed E-state index contributed by atoms with van der Waals surface area (Å²) in [5.74, 6) is 4.80. The van der Waals surface area contributed by atoms with Crippen LogP contribution in [-0.4, -0.2) is 22.7 Å². The number of Topliss-reactive ketones (excluding diaryl/α,β-unsaturated/α-hetero) is 1. The highest BCUT2D eigenvalue weighted by Crippen LogP contribution is 2.13. The summed E-state index contributed by atoms with van der Waals surface area (Å²) in [6.07, 6.45) is 4.24. The standard InChI is InChI=1S/C14H12ClN5O/c15-11-1-3-12(4-2-11)19-20-13(9-18-16)14(21)10-5-7-17-8-6-10/h1-9,19H,16H2/b18-9+,20-13?. The van der Waals surface area contributed by atoms with Crippen molar-refractivity contribution in [1.29, 1.82) is 0 Å². The molecule has 1 aromatic heterocycles. The van der Waals surface area contributed by atoms with Crippen molar-refractivity contribution in [2.45, 2.75) is 0 Å². The van der Waals surface area contributed by atoms with E-state index in [0.29, 0.717) is 16.3 Å². The van der Waals surface area contributed by atoms with Gasteiger partial charge in [-0.2, -0.15) is 10.2 Å². The van der Waals surface area contributed by atoms with Crippen molar-refractivity contribution in [3.63, 3.8) is 0 Å². The number of hydrogen-bond donors (Lipinski definition) is 2. The summed E-state index contributed by atoms with van der Waals surface area (Å²) >= 11 is 5.79. The van der Waals surface area contributed by atoms with Crippen LogP contribution in [0.3, 0.4) is 0 Å². The molecule has 1 heterocycles. The number of anilines is 1. The Morgan fingerprint density at radius 3 is 2.48 bits per heavy atom. The lowest BCUT2D eigenvalue weighted by Crippen LogP contribution is -2.18. The maximum atomic E-state index is 12.2. The van der Waals surface area contributed by atoms with Gasteiger partial charge in [-0.05, 0) is 36.4 Å². The van der Waals surface area contributed by atoms with Crippen molar-refractivity contribution in [2.24, 2.45) is 16.0 Å². The number of benzene rings is 1. The monoisotopic (exact) mass is 301 g/mol. The van der Waals surface area contributed by atoms with E-state index in [1.165, 1.54) is 18.6 Å². The molecule has 0 fully saturated rings. The number of pyridine rings is 1. The van der Waals surface area contributed by atoms with Gasteiger partial charge in [0.2, 0.25) is 5.78 Å². The molecule has 0 atom stereocenters. The lowest BCUT2D eigenvalue weighted by Gasteiger charge is -2.03. The van der Waals surface area contributed by atoms with E-state index in [-0.39, 0.29) is 11.5 Å². The number of aromatic nitrogens is 1. The average Bonchev–Trinajstić information content (AvgIpc) is 2.53. The van der Waals surface area contributed by atoms with Gasteiger partial charge >= 0.3 is 0 Å². The molecule has 0 saturated carbocycles. The number of rotatable bonds is 5. The van der Waals surface area contributed by atoms with Crippen LogP contribution < -0.4 is 11.3 Å². The van der Waals surface area contributed by atoms with Crippen molar-refractivity contribution >= 4 is 35.0 Å². The number of ketones is 1. The van der Waals surface area contributed by atoms with Gasteiger partial charge in [-0.25, -0.2) is 0 Å². The summed E-state index contributed by atoms with van der Waals surface area (Å²) in [6.45, 7) is 0. The van der Waals surface area contributed by atoms with Gasteiger partial charge < -0.3 is 5.84 Å². The molecule has 0 aliphatic heterocycles. The molecule has 106 valence electrons. The normalized spacial score (nSPS) is 11.6. The minimum atomic E-state index is -0.312. The molecular formula is C14H12ClN5O. The third kappa shape index (κ3) is 4.12. The smallest absolute Gasteiger partial charge is 0.214 e. The van der Waals surface area contributed by atoms with E-state index in [9.17, 15) is 4.79 Å². The molecule has 0 aliphatic rings. The Balaban J connectivity index is 2.20. The van der Waals surface area contributed by atoms with Crippen LogP contribution in [0.1, 0.15) is 10.4 Å². The predicted molar refractivity (Wildman–Crippen MR) is 83.8 cm³/mol. The van der Waals surface area contributed by atoms with Crippen molar-refractivity contribution in [1.82, 2.24) is 4.98 Å². The first-order valence-corrected chi connectivity index (χ1v) is 6.36. The molecular weight excluding hydrogens is 290 g/mol. The Hall–Kier alpha value is -2.73. The summed E-state index contributed by atoms with van der Waals surface area (Å²) in [5.41, 5.74) is 3.97. The molecule has 0 radical (unpaired) electrons. The van der Waals surface area contributed by atoms with E-state index in [0.717, 1.165) is 0 Å². The van der Waals surface area contributed by atoms with E-state index in [4.69, 9.17) is 17.4 Å². The van der Waals surface area contributed by atoms with Crippen molar-refractivity contribution in [3.8, 4) is 0 Å². The molecule has 7 heteroatoms. The molecule has 0 aliphatic carbocycles. The average molecular weight is 302 g/mol. The Kier molecular flexibility index (Phi) is 5.00. The third-order valence-electron chi connectivity index (χ3n) is 2.52. The first kappa shape index (κ1) is 14.7. The lowest BCUT2D eigenvalue weighted by atomic mass is 10.1. The molecule has 0 unspecified atom stereocenters. The predicted octanol–water partition coefficient (Wildman–Crippen LogP) is 2.33. The van der Waals surface area contributed by atoms with E-state index in [1.54, 1.807) is 36.4 Å². The number of hydrogen-bond acceptors (Lipinski definition) is 6. The van der Waals surface area contributed by atoms with Crippen molar-refractivity contribution in [2.75, 3.05) is 5.43 Å². The number of nitrogens with two attached hydrogens (primary N) is 1. The second-order valence-electron chi connectivity index (χ2n) is 3.96. The Morgan fingerprint density at radius 2 is 1.86 bits per heavy atom. The molecule has 3 N–H and O–H groups in total. The zero-order valence-electron chi connectivity index (χ0n) is 10.9. The zero-order valence-corrected chi connectivity index (χ0v) is 11.7. The molecule has 0 spiro atoms. The fourth-order valence-corrected chi connectivity index (χ4v) is 1.64. The van der Waals surface area contributed by atoms with Crippen LogP contribution in [0.15, 0.2) is 59.0 Å². The minimum Gasteiger partial charge on any atom is -0.323 e. The number of nitrogens with one attached hydrogen (secondary N) is 1. The van der Waals surface area contributed by atoms with Crippen LogP contribution in [0.2, 0.25) is 5.02 Å². The molecule has 0 bridgehead atoms. The molecule has 1 aromatic carbocycles. The first-order valence-electron chi connectivity index (χ1n) is 5.98. The van der Waals surface area contributed by atoms with Gasteiger partial charge in [0.25, 0.3) is 0 Å². The molecule has 6 nitrogen and oxygen atoms in total. The van der Waals surface area contributed by atoms with Crippen LogP contribution in [0, 0.1) is 0 Å². The Labute approximate surface area is 126 Å². The second-order valence-corrected chi connectivity index (χ2v) is 4.40. The number of hydrazone groups is 2. The molecule has 0 saturated heterocycles. The fourth-order valence-electron chi connectivity index (χ4n) is 1.51.